The number of nitrogen functional groups attached to an aromatic ring is 1. The number of rotatable bonds is 3. The number of pyridine rings is 1. The number of nitrogens with two attached hydrogens (primary N) is 1. The predicted molar refractivity (Wildman–Crippen MR) is 54.3 cm³/mol. The van der Waals surface area contributed by atoms with Crippen molar-refractivity contribution in [3.05, 3.63) is 29.7 Å². The molecular formula is C10H11FN2O2. The van der Waals surface area contributed by atoms with E-state index >= 15 is 0 Å². The maximum absolute atomic E-state index is 13.2. The zero-order valence-corrected chi connectivity index (χ0v) is 8.24. The number of hydrogen-bond acceptors (Lipinski definition) is 4. The zero-order valence-electron chi connectivity index (χ0n) is 8.24. The minimum absolute atomic E-state index is 0.0375. The summed E-state index contributed by atoms with van der Waals surface area (Å²) in [6, 6.07) is 1.17. The Morgan fingerprint density at radius 3 is 3.07 bits per heavy atom. The number of aromatic nitrogens is 1. The van der Waals surface area contributed by atoms with Crippen molar-refractivity contribution < 1.29 is 13.9 Å². The summed E-state index contributed by atoms with van der Waals surface area (Å²) in [5.74, 6) is -1.03. The van der Waals surface area contributed by atoms with Crippen LogP contribution in [0, 0.1) is 5.82 Å². The topological polar surface area (TPSA) is 65.2 Å². The van der Waals surface area contributed by atoms with Gasteiger partial charge in [-0.05, 0) is 19.1 Å². The summed E-state index contributed by atoms with van der Waals surface area (Å²) in [5.41, 5.74) is 5.52. The Balaban J connectivity index is 2.84. The number of anilines is 1. The van der Waals surface area contributed by atoms with Crippen LogP contribution in [-0.4, -0.2) is 17.6 Å². The molecule has 4 nitrogen and oxygen atoms in total. The third kappa shape index (κ3) is 3.05. The van der Waals surface area contributed by atoms with Crippen molar-refractivity contribution in [2.24, 2.45) is 0 Å². The highest BCUT2D eigenvalue weighted by atomic mass is 19.1. The Bertz CT molecular complexity index is 371. The molecule has 0 aliphatic carbocycles. The molecule has 1 aromatic heterocycles. The van der Waals surface area contributed by atoms with E-state index in [1.54, 1.807) is 6.92 Å². The number of nitrogens with zero attached hydrogens (tertiary/aromatic N) is 1. The lowest BCUT2D eigenvalue weighted by atomic mass is 10.2. The Hall–Kier alpha value is -1.91. The molecule has 0 fully saturated rings. The first kappa shape index (κ1) is 11.2. The van der Waals surface area contributed by atoms with Gasteiger partial charge in [-0.15, -0.1) is 0 Å². The zero-order chi connectivity index (χ0) is 11.3. The number of halogens is 1. The van der Waals surface area contributed by atoms with E-state index in [9.17, 15) is 9.18 Å². The summed E-state index contributed by atoms with van der Waals surface area (Å²) >= 11 is 0. The molecule has 0 unspecified atom stereocenters. The molecule has 0 radical (unpaired) electrons. The van der Waals surface area contributed by atoms with Gasteiger partial charge in [0.05, 0.1) is 12.2 Å². The van der Waals surface area contributed by atoms with Crippen molar-refractivity contribution >= 4 is 17.9 Å². The number of esters is 1. The summed E-state index contributed by atoms with van der Waals surface area (Å²) in [6.45, 7) is 1.96. The average Bonchev–Trinajstić information content (AvgIpc) is 2.17. The van der Waals surface area contributed by atoms with E-state index in [4.69, 9.17) is 5.73 Å². The number of carbonyl (C=O) groups excluding carboxylic acids is 1. The smallest absolute Gasteiger partial charge is 0.330 e. The van der Waals surface area contributed by atoms with Crippen LogP contribution >= 0.6 is 0 Å². The van der Waals surface area contributed by atoms with Crippen LogP contribution in [0.1, 0.15) is 12.5 Å². The van der Waals surface area contributed by atoms with Crippen LogP contribution in [0.2, 0.25) is 0 Å². The third-order valence-electron chi connectivity index (χ3n) is 1.64. The lowest BCUT2D eigenvalue weighted by molar-refractivity contribution is -0.137. The van der Waals surface area contributed by atoms with Crippen LogP contribution in [0.3, 0.4) is 0 Å². The molecular weight excluding hydrogens is 199 g/mol. The Labute approximate surface area is 86.6 Å². The summed E-state index contributed by atoms with van der Waals surface area (Å²) in [5, 5.41) is 0. The van der Waals surface area contributed by atoms with Crippen molar-refractivity contribution in [1.29, 1.82) is 0 Å². The van der Waals surface area contributed by atoms with Gasteiger partial charge < -0.3 is 10.5 Å². The standard InChI is InChI=1S/C10H11FN2O2/c1-2-15-9(14)4-3-7-8(11)5-6-13-10(7)12/h3-6H,2H2,1H3,(H2,12,13)/b4-3+. The summed E-state index contributed by atoms with van der Waals surface area (Å²) in [7, 11) is 0. The highest BCUT2D eigenvalue weighted by Crippen LogP contribution is 2.14. The fraction of sp³-hybridized carbons (Fsp3) is 0.200. The van der Waals surface area contributed by atoms with E-state index in [-0.39, 0.29) is 18.0 Å². The molecule has 1 rings (SSSR count). The van der Waals surface area contributed by atoms with E-state index in [1.165, 1.54) is 18.3 Å². The maximum atomic E-state index is 13.2. The molecule has 5 heteroatoms. The van der Waals surface area contributed by atoms with Gasteiger partial charge in [-0.3, -0.25) is 0 Å². The molecule has 1 heterocycles. The minimum Gasteiger partial charge on any atom is -0.463 e. The molecule has 0 atom stereocenters. The van der Waals surface area contributed by atoms with Gasteiger partial charge in [0.25, 0.3) is 0 Å². The van der Waals surface area contributed by atoms with Crippen molar-refractivity contribution in [3.63, 3.8) is 0 Å². The van der Waals surface area contributed by atoms with E-state index in [1.807, 2.05) is 0 Å². The Morgan fingerprint density at radius 2 is 2.47 bits per heavy atom. The molecule has 0 aliphatic heterocycles. The fourth-order valence-electron chi connectivity index (χ4n) is 0.971. The largest absolute Gasteiger partial charge is 0.463 e. The highest BCUT2D eigenvalue weighted by Gasteiger charge is 2.04. The lowest BCUT2D eigenvalue weighted by Crippen LogP contribution is -2.00. The van der Waals surface area contributed by atoms with E-state index < -0.39 is 11.8 Å². The van der Waals surface area contributed by atoms with Crippen LogP contribution in [-0.2, 0) is 9.53 Å². The molecule has 0 aromatic carbocycles. The van der Waals surface area contributed by atoms with Gasteiger partial charge in [-0.2, -0.15) is 0 Å². The maximum Gasteiger partial charge on any atom is 0.330 e. The normalized spacial score (nSPS) is 10.5. The predicted octanol–water partition coefficient (Wildman–Crippen LogP) is 1.38. The first-order valence-electron chi connectivity index (χ1n) is 4.40. The van der Waals surface area contributed by atoms with Gasteiger partial charge in [-0.25, -0.2) is 14.2 Å². The van der Waals surface area contributed by atoms with Gasteiger partial charge in [0.1, 0.15) is 11.6 Å². The molecule has 15 heavy (non-hydrogen) atoms. The van der Waals surface area contributed by atoms with Gasteiger partial charge >= 0.3 is 5.97 Å². The average molecular weight is 210 g/mol. The van der Waals surface area contributed by atoms with Gasteiger partial charge in [0.2, 0.25) is 0 Å². The highest BCUT2D eigenvalue weighted by molar-refractivity contribution is 5.87. The monoisotopic (exact) mass is 210 g/mol. The van der Waals surface area contributed by atoms with Crippen molar-refractivity contribution in [2.75, 3.05) is 12.3 Å². The Morgan fingerprint density at radius 1 is 1.73 bits per heavy atom. The van der Waals surface area contributed by atoms with Crippen molar-refractivity contribution in [2.45, 2.75) is 6.92 Å². The molecule has 0 amide bonds. The third-order valence-corrected chi connectivity index (χ3v) is 1.64. The second kappa shape index (κ2) is 5.09. The first-order chi connectivity index (χ1) is 7.15. The second-order valence-corrected chi connectivity index (χ2v) is 2.68. The van der Waals surface area contributed by atoms with Gasteiger partial charge in [-0.1, -0.05) is 0 Å². The number of hydrogen-bond donors (Lipinski definition) is 1. The molecule has 0 bridgehead atoms. The first-order valence-corrected chi connectivity index (χ1v) is 4.40. The van der Waals surface area contributed by atoms with E-state index in [0.717, 1.165) is 6.08 Å². The van der Waals surface area contributed by atoms with Gasteiger partial charge in [0.15, 0.2) is 0 Å². The molecule has 0 spiro atoms. The van der Waals surface area contributed by atoms with Gasteiger partial charge in [0, 0.05) is 12.3 Å². The van der Waals surface area contributed by atoms with Crippen molar-refractivity contribution in [1.82, 2.24) is 4.98 Å². The molecule has 0 saturated carbocycles. The van der Waals surface area contributed by atoms with Crippen LogP contribution < -0.4 is 5.73 Å². The number of carbonyl (C=O) groups is 1. The fourth-order valence-corrected chi connectivity index (χ4v) is 0.971. The van der Waals surface area contributed by atoms with Crippen LogP contribution in [0.15, 0.2) is 18.3 Å². The van der Waals surface area contributed by atoms with Crippen molar-refractivity contribution in [3.8, 4) is 0 Å². The number of ether oxygens (including phenoxy) is 1. The van der Waals surface area contributed by atoms with E-state index in [0.29, 0.717) is 0 Å². The molecule has 0 saturated heterocycles. The van der Waals surface area contributed by atoms with Crippen LogP contribution in [0.4, 0.5) is 10.2 Å². The molecule has 2 N–H and O–H groups in total. The summed E-state index contributed by atoms with van der Waals surface area (Å²) in [4.78, 5) is 14.6. The van der Waals surface area contributed by atoms with E-state index in [2.05, 4.69) is 9.72 Å². The second-order valence-electron chi connectivity index (χ2n) is 2.68. The summed E-state index contributed by atoms with van der Waals surface area (Å²) in [6.07, 6.45) is 3.61. The Kier molecular flexibility index (Phi) is 3.79. The molecule has 1 aromatic rings. The molecule has 0 aliphatic rings. The SMILES string of the molecule is CCOC(=O)/C=C/c1c(F)ccnc1N. The molecule has 80 valence electrons. The van der Waals surface area contributed by atoms with Crippen LogP contribution in [0.5, 0.6) is 0 Å². The minimum atomic E-state index is -0.542. The quantitative estimate of drug-likeness (QED) is 0.604. The summed E-state index contributed by atoms with van der Waals surface area (Å²) < 4.78 is 17.8. The van der Waals surface area contributed by atoms with Crippen LogP contribution in [0.25, 0.3) is 6.08 Å². The lowest BCUT2D eigenvalue weighted by Gasteiger charge is -2.00.